The summed E-state index contributed by atoms with van der Waals surface area (Å²) in [5.41, 5.74) is 7.86. The minimum absolute atomic E-state index is 0.144. The molecule has 2 aromatic rings. The summed E-state index contributed by atoms with van der Waals surface area (Å²) < 4.78 is 5.58. The number of nitrogens with zero attached hydrogens (tertiary/aromatic N) is 1. The summed E-state index contributed by atoms with van der Waals surface area (Å²) in [7, 11) is 0. The zero-order valence-electron chi connectivity index (χ0n) is 17.2. The van der Waals surface area contributed by atoms with E-state index in [2.05, 4.69) is 28.2 Å². The Hall–Kier alpha value is -3.31. The van der Waals surface area contributed by atoms with Crippen LogP contribution in [0, 0.1) is 0 Å². The molecule has 172 valence electrons. The van der Waals surface area contributed by atoms with Gasteiger partial charge < -0.3 is 31.3 Å². The molecule has 0 aliphatic rings. The first-order valence-corrected chi connectivity index (χ1v) is 10.5. The number of pyridine rings is 1. The SMILES string of the molecule is NC(CS)CNc1ccc(-c2ccccc2)nc1OCC(=O)N[C@@H](CCC(=O)O)C(=O)O. The molecule has 6 N–H and O–H groups in total. The van der Waals surface area contributed by atoms with Crippen LogP contribution in [0.2, 0.25) is 0 Å². The molecular weight excluding hydrogens is 436 g/mol. The van der Waals surface area contributed by atoms with Crippen molar-refractivity contribution in [3.63, 3.8) is 0 Å². The number of hydrogen-bond acceptors (Lipinski definition) is 8. The number of thiol groups is 1. The molecule has 0 aliphatic carbocycles. The van der Waals surface area contributed by atoms with Gasteiger partial charge in [0.2, 0.25) is 5.88 Å². The smallest absolute Gasteiger partial charge is 0.326 e. The third kappa shape index (κ3) is 8.08. The van der Waals surface area contributed by atoms with Crippen molar-refractivity contribution in [2.75, 3.05) is 24.2 Å². The summed E-state index contributed by atoms with van der Waals surface area (Å²) in [4.78, 5) is 38.7. The molecule has 2 rings (SSSR count). The fourth-order valence-electron chi connectivity index (χ4n) is 2.66. The molecule has 1 unspecified atom stereocenters. The predicted molar refractivity (Wildman–Crippen MR) is 122 cm³/mol. The maximum absolute atomic E-state index is 12.2. The number of carbonyl (C=O) groups is 3. The molecule has 32 heavy (non-hydrogen) atoms. The van der Waals surface area contributed by atoms with E-state index in [0.717, 1.165) is 5.56 Å². The van der Waals surface area contributed by atoms with Crippen LogP contribution in [0.5, 0.6) is 5.88 Å². The third-order valence-corrected chi connectivity index (χ3v) is 4.81. The van der Waals surface area contributed by atoms with Crippen LogP contribution in [0.1, 0.15) is 12.8 Å². The first-order valence-electron chi connectivity index (χ1n) is 9.83. The molecule has 1 aromatic heterocycles. The number of benzene rings is 1. The van der Waals surface area contributed by atoms with Crippen LogP contribution < -0.4 is 21.1 Å². The molecule has 0 radical (unpaired) electrons. The highest BCUT2D eigenvalue weighted by Gasteiger charge is 2.21. The minimum atomic E-state index is -1.34. The first kappa shape index (κ1) is 25.0. The van der Waals surface area contributed by atoms with Crippen LogP contribution in [0.4, 0.5) is 5.69 Å². The molecule has 10 nitrogen and oxygen atoms in total. The standard InChI is InChI=1S/C21H26N4O6S/c22-14(12-32)10-23-16-7-6-15(13-4-2-1-3-5-13)25-20(16)31-11-18(26)24-17(21(29)30)8-9-19(27)28/h1-7,14,17,23,32H,8-12,22H2,(H,24,26)(H,27,28)(H,29,30)/t14?,17-/m0/s1. The molecule has 0 saturated heterocycles. The molecule has 0 fully saturated rings. The number of amides is 1. The van der Waals surface area contributed by atoms with Gasteiger partial charge in [0.05, 0.1) is 11.4 Å². The highest BCUT2D eigenvalue weighted by molar-refractivity contribution is 7.80. The second kappa shape index (κ2) is 12.5. The van der Waals surface area contributed by atoms with Crippen molar-refractivity contribution in [3.05, 3.63) is 42.5 Å². The Morgan fingerprint density at radius 2 is 1.84 bits per heavy atom. The molecule has 1 aromatic carbocycles. The van der Waals surface area contributed by atoms with E-state index in [1.807, 2.05) is 30.3 Å². The topological polar surface area (TPSA) is 164 Å². The van der Waals surface area contributed by atoms with Gasteiger partial charge in [-0.05, 0) is 18.6 Å². The highest BCUT2D eigenvalue weighted by atomic mass is 32.1. The van der Waals surface area contributed by atoms with Crippen LogP contribution in [-0.4, -0.2) is 64.0 Å². The molecule has 0 spiro atoms. The molecule has 11 heteroatoms. The Morgan fingerprint density at radius 1 is 1.12 bits per heavy atom. The van der Waals surface area contributed by atoms with Crippen molar-refractivity contribution < 1.29 is 29.3 Å². The van der Waals surface area contributed by atoms with Gasteiger partial charge in [0.15, 0.2) is 6.61 Å². The second-order valence-corrected chi connectivity index (χ2v) is 7.28. The fraction of sp³-hybridized carbons (Fsp3) is 0.333. The average molecular weight is 463 g/mol. The Kier molecular flexibility index (Phi) is 9.76. The van der Waals surface area contributed by atoms with Gasteiger partial charge in [0.1, 0.15) is 6.04 Å². The number of hydrogen-bond donors (Lipinski definition) is 6. The number of carboxylic acid groups (broad SMARTS) is 2. The molecule has 0 bridgehead atoms. The van der Waals surface area contributed by atoms with Gasteiger partial charge in [0, 0.05) is 30.3 Å². The summed E-state index contributed by atoms with van der Waals surface area (Å²) in [5, 5.41) is 23.3. The molecule has 0 aliphatic heterocycles. The predicted octanol–water partition coefficient (Wildman–Crippen LogP) is 1.23. The molecule has 1 amide bonds. The Labute approximate surface area is 190 Å². The lowest BCUT2D eigenvalue weighted by atomic mass is 10.1. The van der Waals surface area contributed by atoms with Crippen LogP contribution >= 0.6 is 12.6 Å². The van der Waals surface area contributed by atoms with Gasteiger partial charge in [-0.2, -0.15) is 12.6 Å². The van der Waals surface area contributed by atoms with E-state index in [4.69, 9.17) is 15.6 Å². The van der Waals surface area contributed by atoms with Crippen molar-refractivity contribution in [2.24, 2.45) is 5.73 Å². The van der Waals surface area contributed by atoms with Crippen LogP contribution in [0.15, 0.2) is 42.5 Å². The number of nitrogens with one attached hydrogen (secondary N) is 2. The van der Waals surface area contributed by atoms with Crippen LogP contribution in [0.3, 0.4) is 0 Å². The number of carbonyl (C=O) groups excluding carboxylic acids is 1. The van der Waals surface area contributed by atoms with Gasteiger partial charge in [-0.3, -0.25) is 9.59 Å². The van der Waals surface area contributed by atoms with Gasteiger partial charge in [-0.25, -0.2) is 9.78 Å². The first-order chi connectivity index (χ1) is 15.3. The number of aromatic nitrogens is 1. The number of aliphatic carboxylic acids is 2. The fourth-order valence-corrected chi connectivity index (χ4v) is 2.78. The lowest BCUT2D eigenvalue weighted by Crippen LogP contribution is -2.43. The zero-order valence-corrected chi connectivity index (χ0v) is 18.1. The van der Waals surface area contributed by atoms with Crippen LogP contribution in [0.25, 0.3) is 11.3 Å². The van der Waals surface area contributed by atoms with E-state index in [0.29, 0.717) is 23.7 Å². The van der Waals surface area contributed by atoms with E-state index in [9.17, 15) is 19.5 Å². The second-order valence-electron chi connectivity index (χ2n) is 6.92. The van der Waals surface area contributed by atoms with E-state index >= 15 is 0 Å². The molecule has 0 saturated carbocycles. The zero-order chi connectivity index (χ0) is 23.5. The third-order valence-electron chi connectivity index (χ3n) is 4.34. The Balaban J connectivity index is 2.12. The lowest BCUT2D eigenvalue weighted by Gasteiger charge is -2.17. The summed E-state index contributed by atoms with van der Waals surface area (Å²) in [5.74, 6) is -2.59. The molecule has 2 atom stereocenters. The Morgan fingerprint density at radius 3 is 2.47 bits per heavy atom. The van der Waals surface area contributed by atoms with Gasteiger partial charge in [-0.15, -0.1) is 0 Å². The quantitative estimate of drug-likeness (QED) is 0.240. The van der Waals surface area contributed by atoms with Crippen molar-refractivity contribution in [1.29, 1.82) is 0 Å². The number of nitrogens with two attached hydrogens (primary N) is 1. The van der Waals surface area contributed by atoms with Gasteiger partial charge in [0.25, 0.3) is 5.91 Å². The number of anilines is 1. The minimum Gasteiger partial charge on any atom is -0.481 e. The van der Waals surface area contributed by atoms with E-state index in [-0.39, 0.29) is 18.3 Å². The van der Waals surface area contributed by atoms with Gasteiger partial charge >= 0.3 is 11.9 Å². The molecule has 1 heterocycles. The summed E-state index contributed by atoms with van der Waals surface area (Å²) >= 11 is 4.15. The van der Waals surface area contributed by atoms with E-state index < -0.39 is 36.9 Å². The maximum atomic E-state index is 12.2. The van der Waals surface area contributed by atoms with Crippen molar-refractivity contribution in [2.45, 2.75) is 24.9 Å². The summed E-state index contributed by atoms with van der Waals surface area (Å²) in [6.45, 7) is -0.107. The van der Waals surface area contributed by atoms with Crippen molar-refractivity contribution in [3.8, 4) is 17.1 Å². The van der Waals surface area contributed by atoms with Gasteiger partial charge in [-0.1, -0.05) is 30.3 Å². The maximum Gasteiger partial charge on any atom is 0.326 e. The number of ether oxygens (including phenoxy) is 1. The highest BCUT2D eigenvalue weighted by Crippen LogP contribution is 2.27. The van der Waals surface area contributed by atoms with Crippen molar-refractivity contribution >= 4 is 36.2 Å². The normalized spacial score (nSPS) is 12.4. The summed E-state index contributed by atoms with van der Waals surface area (Å²) in [6, 6.07) is 11.4. The monoisotopic (exact) mass is 462 g/mol. The van der Waals surface area contributed by atoms with E-state index in [1.165, 1.54) is 0 Å². The van der Waals surface area contributed by atoms with E-state index in [1.54, 1.807) is 12.1 Å². The number of rotatable bonds is 13. The summed E-state index contributed by atoms with van der Waals surface area (Å²) in [6.07, 6.45) is -0.634. The van der Waals surface area contributed by atoms with Crippen molar-refractivity contribution in [1.82, 2.24) is 10.3 Å². The average Bonchev–Trinajstić information content (AvgIpc) is 2.79. The van der Waals surface area contributed by atoms with Crippen LogP contribution in [-0.2, 0) is 14.4 Å². The lowest BCUT2D eigenvalue weighted by molar-refractivity contribution is -0.143. The molecular formula is C21H26N4O6S. The number of carboxylic acids is 2. The Bertz CT molecular complexity index is 928. The largest absolute Gasteiger partial charge is 0.481 e.